The normalized spacial score (nSPS) is 10.2. The minimum Gasteiger partial charge on any atom is -0.332 e. The summed E-state index contributed by atoms with van der Waals surface area (Å²) in [4.78, 5) is 37.5. The summed E-state index contributed by atoms with van der Waals surface area (Å²) in [6.45, 7) is 0.210. The number of rotatable bonds is 7. The first-order valence-corrected chi connectivity index (χ1v) is 9.12. The molecule has 30 heavy (non-hydrogen) atoms. The number of aromatic nitrogens is 1. The van der Waals surface area contributed by atoms with Crippen molar-refractivity contribution < 1.29 is 9.72 Å². The van der Waals surface area contributed by atoms with Crippen LogP contribution in [0, 0.1) is 21.4 Å². The lowest BCUT2D eigenvalue weighted by molar-refractivity contribution is -0.385. The van der Waals surface area contributed by atoms with E-state index >= 15 is 0 Å². The number of nitriles is 1. The lowest BCUT2D eigenvalue weighted by Crippen LogP contribution is -2.36. The van der Waals surface area contributed by atoms with E-state index in [1.807, 2.05) is 60.7 Å². The first-order chi connectivity index (χ1) is 14.5. The highest BCUT2D eigenvalue weighted by atomic mass is 16.6. The second-order valence-electron chi connectivity index (χ2n) is 6.63. The van der Waals surface area contributed by atoms with E-state index in [9.17, 15) is 19.7 Å². The van der Waals surface area contributed by atoms with Crippen molar-refractivity contribution in [2.75, 3.05) is 0 Å². The summed E-state index contributed by atoms with van der Waals surface area (Å²) in [6, 6.07) is 21.3. The van der Waals surface area contributed by atoms with E-state index in [0.29, 0.717) is 13.1 Å². The number of amides is 1. The van der Waals surface area contributed by atoms with Crippen LogP contribution >= 0.6 is 0 Å². The lowest BCUT2D eigenvalue weighted by atomic mass is 10.1. The third kappa shape index (κ3) is 4.97. The highest BCUT2D eigenvalue weighted by Crippen LogP contribution is 2.13. The number of hydrogen-bond donors (Lipinski definition) is 0. The van der Waals surface area contributed by atoms with Gasteiger partial charge in [-0.05, 0) is 11.1 Å². The first-order valence-electron chi connectivity index (χ1n) is 9.12. The van der Waals surface area contributed by atoms with E-state index in [4.69, 9.17) is 5.26 Å². The molecule has 0 aliphatic rings. The Bertz CT molecular complexity index is 1110. The van der Waals surface area contributed by atoms with E-state index in [0.717, 1.165) is 28.0 Å². The molecule has 2 aromatic carbocycles. The molecule has 1 heterocycles. The number of benzene rings is 2. The molecular weight excluding hydrogens is 384 g/mol. The second kappa shape index (κ2) is 9.30. The van der Waals surface area contributed by atoms with Gasteiger partial charge in [-0.25, -0.2) is 0 Å². The second-order valence-corrected chi connectivity index (χ2v) is 6.63. The minimum absolute atomic E-state index is 0.309. The van der Waals surface area contributed by atoms with Gasteiger partial charge in [0.15, 0.2) is 0 Å². The third-order valence-electron chi connectivity index (χ3n) is 4.49. The van der Waals surface area contributed by atoms with Crippen molar-refractivity contribution in [3.8, 4) is 6.07 Å². The topological polar surface area (TPSA) is 109 Å². The molecule has 0 spiro atoms. The Morgan fingerprint density at radius 1 is 1.03 bits per heavy atom. The molecule has 0 aliphatic heterocycles. The molecule has 3 aromatic rings. The average Bonchev–Trinajstić information content (AvgIpc) is 2.76. The van der Waals surface area contributed by atoms with Gasteiger partial charge in [0.1, 0.15) is 18.2 Å². The van der Waals surface area contributed by atoms with Crippen LogP contribution in [0.2, 0.25) is 0 Å². The van der Waals surface area contributed by atoms with E-state index < -0.39 is 28.6 Å². The van der Waals surface area contributed by atoms with Crippen LogP contribution in [0.5, 0.6) is 0 Å². The Balaban J connectivity index is 1.91. The van der Waals surface area contributed by atoms with Crippen molar-refractivity contribution in [1.29, 1.82) is 5.26 Å². The predicted molar refractivity (Wildman–Crippen MR) is 109 cm³/mol. The van der Waals surface area contributed by atoms with Gasteiger partial charge in [0.2, 0.25) is 5.91 Å². The third-order valence-corrected chi connectivity index (χ3v) is 4.49. The van der Waals surface area contributed by atoms with E-state index in [2.05, 4.69) is 0 Å². The maximum atomic E-state index is 13.1. The standard InChI is InChI=1S/C22H18N4O4/c23-12-19-11-20(26(29)30)15-25(22(19)28)16-21(27)24(13-17-7-3-1-4-8-17)14-18-9-5-2-6-10-18/h1-11,15H,13-14,16H2. The van der Waals surface area contributed by atoms with Gasteiger partial charge < -0.3 is 4.90 Å². The average molecular weight is 402 g/mol. The Hall–Kier alpha value is -4.25. The van der Waals surface area contributed by atoms with E-state index in [-0.39, 0.29) is 5.56 Å². The molecule has 3 rings (SSSR count). The first kappa shape index (κ1) is 20.5. The monoisotopic (exact) mass is 402 g/mol. The molecule has 0 unspecified atom stereocenters. The van der Waals surface area contributed by atoms with Crippen molar-refractivity contribution in [3.63, 3.8) is 0 Å². The fraction of sp³-hybridized carbons (Fsp3) is 0.136. The van der Waals surface area contributed by atoms with Crippen molar-refractivity contribution in [3.05, 3.63) is 110 Å². The highest BCUT2D eigenvalue weighted by molar-refractivity contribution is 5.76. The molecule has 8 nitrogen and oxygen atoms in total. The van der Waals surface area contributed by atoms with Crippen molar-refractivity contribution in [1.82, 2.24) is 9.47 Å². The number of hydrogen-bond acceptors (Lipinski definition) is 5. The van der Waals surface area contributed by atoms with Gasteiger partial charge in [0.25, 0.3) is 11.2 Å². The quantitative estimate of drug-likeness (QED) is 0.446. The Kier molecular flexibility index (Phi) is 6.35. The van der Waals surface area contributed by atoms with Gasteiger partial charge in [-0.2, -0.15) is 5.26 Å². The highest BCUT2D eigenvalue weighted by Gasteiger charge is 2.19. The van der Waals surface area contributed by atoms with E-state index in [1.165, 1.54) is 0 Å². The van der Waals surface area contributed by atoms with Gasteiger partial charge >= 0.3 is 0 Å². The fourth-order valence-electron chi connectivity index (χ4n) is 3.00. The van der Waals surface area contributed by atoms with Crippen LogP contribution in [0.3, 0.4) is 0 Å². The summed E-state index contributed by atoms with van der Waals surface area (Å²) in [7, 11) is 0. The van der Waals surface area contributed by atoms with Gasteiger partial charge in [0, 0.05) is 19.2 Å². The molecule has 0 N–H and O–H groups in total. The molecule has 0 aliphatic carbocycles. The largest absolute Gasteiger partial charge is 0.332 e. The Labute approximate surface area is 172 Å². The minimum atomic E-state index is -0.740. The molecule has 0 bridgehead atoms. The summed E-state index contributed by atoms with van der Waals surface area (Å²) >= 11 is 0. The zero-order chi connectivity index (χ0) is 21.5. The van der Waals surface area contributed by atoms with Gasteiger partial charge in [0.05, 0.1) is 11.1 Å². The smallest absolute Gasteiger partial charge is 0.287 e. The summed E-state index contributed by atoms with van der Waals surface area (Å²) in [6.07, 6.45) is 0.990. The van der Waals surface area contributed by atoms with Crippen LogP contribution in [0.15, 0.2) is 77.7 Å². The zero-order valence-corrected chi connectivity index (χ0v) is 16.0. The number of pyridine rings is 1. The summed E-state index contributed by atoms with van der Waals surface area (Å²) in [5.74, 6) is -0.394. The van der Waals surface area contributed by atoms with Crippen LogP contribution in [-0.2, 0) is 24.4 Å². The summed E-state index contributed by atoms with van der Waals surface area (Å²) in [5.41, 5.74) is 0.277. The molecule has 8 heteroatoms. The molecule has 150 valence electrons. The van der Waals surface area contributed by atoms with Crippen LogP contribution in [0.25, 0.3) is 0 Å². The Morgan fingerprint density at radius 2 is 1.57 bits per heavy atom. The maximum Gasteiger partial charge on any atom is 0.287 e. The summed E-state index contributed by atoms with van der Waals surface area (Å²) in [5, 5.41) is 20.2. The number of carbonyl (C=O) groups is 1. The molecule has 0 radical (unpaired) electrons. The predicted octanol–water partition coefficient (Wildman–Crippen LogP) is 2.86. The van der Waals surface area contributed by atoms with Gasteiger partial charge in [-0.3, -0.25) is 24.3 Å². The molecule has 1 aromatic heterocycles. The zero-order valence-electron chi connectivity index (χ0n) is 16.0. The molecule has 0 saturated heterocycles. The fourth-order valence-corrected chi connectivity index (χ4v) is 3.00. The van der Waals surface area contributed by atoms with Crippen molar-refractivity contribution in [2.24, 2.45) is 0 Å². The van der Waals surface area contributed by atoms with Gasteiger partial charge in [-0.1, -0.05) is 60.7 Å². The van der Waals surface area contributed by atoms with Gasteiger partial charge in [-0.15, -0.1) is 0 Å². The molecular formula is C22H18N4O4. The molecule has 0 fully saturated rings. The van der Waals surface area contributed by atoms with Crippen molar-refractivity contribution in [2.45, 2.75) is 19.6 Å². The molecule has 0 atom stereocenters. The molecule has 0 saturated carbocycles. The number of nitrogens with zero attached hydrogens (tertiary/aromatic N) is 4. The molecule has 1 amide bonds. The maximum absolute atomic E-state index is 13.1. The van der Waals surface area contributed by atoms with Crippen LogP contribution < -0.4 is 5.56 Å². The van der Waals surface area contributed by atoms with Crippen molar-refractivity contribution >= 4 is 11.6 Å². The SMILES string of the molecule is N#Cc1cc([N+](=O)[O-])cn(CC(=O)N(Cc2ccccc2)Cc2ccccc2)c1=O. The number of nitro groups is 1. The summed E-state index contributed by atoms with van der Waals surface area (Å²) < 4.78 is 0.919. The van der Waals surface area contributed by atoms with Crippen LogP contribution in [-0.4, -0.2) is 20.3 Å². The van der Waals surface area contributed by atoms with Crippen LogP contribution in [0.1, 0.15) is 16.7 Å². The lowest BCUT2D eigenvalue weighted by Gasteiger charge is -2.23. The van der Waals surface area contributed by atoms with Crippen LogP contribution in [0.4, 0.5) is 5.69 Å². The van der Waals surface area contributed by atoms with E-state index in [1.54, 1.807) is 11.0 Å². The Morgan fingerprint density at radius 3 is 2.03 bits per heavy atom. The number of carbonyl (C=O) groups excluding carboxylic acids is 1.